The van der Waals surface area contributed by atoms with Crippen LogP contribution >= 0.6 is 0 Å². The van der Waals surface area contributed by atoms with Crippen molar-refractivity contribution in [1.82, 2.24) is 4.57 Å². The second-order valence-electron chi connectivity index (χ2n) is 4.72. The molecule has 102 valence electrons. The van der Waals surface area contributed by atoms with Crippen LogP contribution in [0.2, 0.25) is 0 Å². The zero-order valence-corrected chi connectivity index (χ0v) is 10.7. The lowest BCUT2D eigenvalue weighted by Crippen LogP contribution is -2.32. The van der Waals surface area contributed by atoms with Gasteiger partial charge in [0.2, 0.25) is 0 Å². The fraction of sp³-hybridized carbons (Fsp3) is 0.200. The van der Waals surface area contributed by atoms with Crippen LogP contribution < -0.4 is 10.3 Å². The van der Waals surface area contributed by atoms with E-state index in [2.05, 4.69) is 0 Å². The number of aromatic nitrogens is 1. The average molecular weight is 271 g/mol. The fourth-order valence-corrected chi connectivity index (χ4v) is 2.45. The molecule has 0 aliphatic carbocycles. The first-order valence-corrected chi connectivity index (χ1v) is 6.33. The van der Waals surface area contributed by atoms with Crippen LogP contribution in [0, 0.1) is 0 Å². The largest absolute Gasteiger partial charge is 0.488 e. The van der Waals surface area contributed by atoms with Crippen LogP contribution in [-0.2, 0) is 13.0 Å². The molecular formula is C15H13NO4. The van der Waals surface area contributed by atoms with Crippen molar-refractivity contribution in [2.24, 2.45) is 0 Å². The molecule has 0 spiro atoms. The first-order valence-electron chi connectivity index (χ1n) is 6.33. The number of pyridine rings is 1. The predicted octanol–water partition coefficient (Wildman–Crippen LogP) is 1.55. The van der Waals surface area contributed by atoms with Crippen molar-refractivity contribution in [1.29, 1.82) is 0 Å². The van der Waals surface area contributed by atoms with Gasteiger partial charge in [0.15, 0.2) is 0 Å². The number of nitrogens with zero attached hydrogens (tertiary/aromatic N) is 1. The zero-order valence-electron chi connectivity index (χ0n) is 10.7. The Morgan fingerprint density at radius 2 is 2.05 bits per heavy atom. The number of hydrogen-bond donors (Lipinski definition) is 1. The molecule has 2 heterocycles. The highest BCUT2D eigenvalue weighted by atomic mass is 16.5. The maximum atomic E-state index is 11.8. The smallest absolute Gasteiger partial charge is 0.352 e. The maximum absolute atomic E-state index is 11.8. The molecule has 0 amide bonds. The molecule has 2 aromatic rings. The summed E-state index contributed by atoms with van der Waals surface area (Å²) in [5, 5.41) is 9.14. The summed E-state index contributed by atoms with van der Waals surface area (Å²) in [5.74, 6) is -0.309. The number of carbonyl (C=O) groups is 1. The summed E-state index contributed by atoms with van der Waals surface area (Å²) >= 11 is 0. The summed E-state index contributed by atoms with van der Waals surface area (Å²) < 4.78 is 7.00. The van der Waals surface area contributed by atoms with Gasteiger partial charge in [-0.15, -0.1) is 0 Å². The van der Waals surface area contributed by atoms with Crippen molar-refractivity contribution in [2.75, 3.05) is 0 Å². The third-order valence-electron chi connectivity index (χ3n) is 3.37. The first-order chi connectivity index (χ1) is 9.65. The van der Waals surface area contributed by atoms with E-state index < -0.39 is 5.97 Å². The molecular weight excluding hydrogens is 258 g/mol. The minimum atomic E-state index is -1.11. The summed E-state index contributed by atoms with van der Waals surface area (Å²) in [6.07, 6.45) is 0.460. The van der Waals surface area contributed by atoms with Gasteiger partial charge < -0.3 is 9.84 Å². The molecule has 1 atom stereocenters. The van der Waals surface area contributed by atoms with Gasteiger partial charge in [0.25, 0.3) is 5.56 Å². The zero-order chi connectivity index (χ0) is 14.1. The number of benzene rings is 1. The van der Waals surface area contributed by atoms with Gasteiger partial charge >= 0.3 is 5.97 Å². The van der Waals surface area contributed by atoms with Crippen molar-refractivity contribution >= 4 is 5.97 Å². The highest BCUT2D eigenvalue weighted by Gasteiger charge is 2.24. The highest BCUT2D eigenvalue weighted by molar-refractivity contribution is 5.85. The van der Waals surface area contributed by atoms with Crippen LogP contribution in [0.15, 0.2) is 47.3 Å². The van der Waals surface area contributed by atoms with E-state index in [-0.39, 0.29) is 23.9 Å². The van der Waals surface area contributed by atoms with E-state index in [4.69, 9.17) is 9.84 Å². The Labute approximate surface area is 115 Å². The van der Waals surface area contributed by atoms with Gasteiger partial charge in [-0.25, -0.2) is 4.79 Å². The van der Waals surface area contributed by atoms with Crippen LogP contribution in [0.5, 0.6) is 5.75 Å². The molecule has 0 saturated heterocycles. The summed E-state index contributed by atoms with van der Waals surface area (Å²) in [5.41, 5.74) is 0.736. The number of carboxylic acid groups (broad SMARTS) is 1. The van der Waals surface area contributed by atoms with E-state index in [1.807, 2.05) is 24.3 Å². The lowest BCUT2D eigenvalue weighted by Gasteiger charge is -2.14. The van der Waals surface area contributed by atoms with E-state index in [1.165, 1.54) is 22.8 Å². The fourth-order valence-electron chi connectivity index (χ4n) is 2.45. The van der Waals surface area contributed by atoms with E-state index in [0.29, 0.717) is 6.42 Å². The Kier molecular flexibility index (Phi) is 3.02. The lowest BCUT2D eigenvalue weighted by molar-refractivity contribution is 0.0680. The van der Waals surface area contributed by atoms with Crippen LogP contribution in [-0.4, -0.2) is 21.7 Å². The molecule has 5 heteroatoms. The Bertz CT molecular complexity index is 695. The van der Waals surface area contributed by atoms with Crippen molar-refractivity contribution in [3.63, 3.8) is 0 Å². The molecule has 1 aliphatic heterocycles. The molecule has 0 radical (unpaired) electrons. The Hall–Kier alpha value is -2.56. The number of para-hydroxylation sites is 1. The molecule has 20 heavy (non-hydrogen) atoms. The van der Waals surface area contributed by atoms with Gasteiger partial charge in [-0.2, -0.15) is 0 Å². The Morgan fingerprint density at radius 1 is 1.25 bits per heavy atom. The van der Waals surface area contributed by atoms with E-state index >= 15 is 0 Å². The van der Waals surface area contributed by atoms with Gasteiger partial charge in [0, 0.05) is 12.5 Å². The number of carboxylic acids is 1. The second kappa shape index (κ2) is 4.85. The van der Waals surface area contributed by atoms with Crippen molar-refractivity contribution in [3.05, 3.63) is 64.1 Å². The van der Waals surface area contributed by atoms with Crippen molar-refractivity contribution in [2.45, 2.75) is 19.1 Å². The molecule has 0 saturated carbocycles. The summed E-state index contributed by atoms with van der Waals surface area (Å²) in [6, 6.07) is 11.9. The molecule has 1 aromatic carbocycles. The average Bonchev–Trinajstić information content (AvgIpc) is 2.83. The molecule has 0 bridgehead atoms. The number of rotatable bonds is 3. The summed E-state index contributed by atoms with van der Waals surface area (Å²) in [7, 11) is 0. The van der Waals surface area contributed by atoms with Crippen LogP contribution in [0.3, 0.4) is 0 Å². The van der Waals surface area contributed by atoms with Crippen molar-refractivity contribution in [3.8, 4) is 5.75 Å². The van der Waals surface area contributed by atoms with Gasteiger partial charge in [-0.3, -0.25) is 9.36 Å². The molecule has 1 aliphatic rings. The predicted molar refractivity (Wildman–Crippen MR) is 72.2 cm³/mol. The minimum Gasteiger partial charge on any atom is -0.488 e. The molecule has 0 fully saturated rings. The number of hydrogen-bond acceptors (Lipinski definition) is 3. The minimum absolute atomic E-state index is 0.0166. The Morgan fingerprint density at radius 3 is 2.80 bits per heavy atom. The third kappa shape index (κ3) is 2.18. The SMILES string of the molecule is O=C(O)c1cccc(=O)n1CC1Cc2ccccc2O1. The highest BCUT2D eigenvalue weighted by Crippen LogP contribution is 2.28. The lowest BCUT2D eigenvalue weighted by atomic mass is 10.1. The monoisotopic (exact) mass is 271 g/mol. The van der Waals surface area contributed by atoms with Gasteiger partial charge in [-0.05, 0) is 17.7 Å². The third-order valence-corrected chi connectivity index (χ3v) is 3.37. The quantitative estimate of drug-likeness (QED) is 0.919. The van der Waals surface area contributed by atoms with E-state index in [0.717, 1.165) is 11.3 Å². The van der Waals surface area contributed by atoms with E-state index in [1.54, 1.807) is 0 Å². The normalized spacial score (nSPS) is 16.5. The van der Waals surface area contributed by atoms with Gasteiger partial charge in [0.1, 0.15) is 17.5 Å². The van der Waals surface area contributed by atoms with Gasteiger partial charge in [-0.1, -0.05) is 24.3 Å². The van der Waals surface area contributed by atoms with Gasteiger partial charge in [0.05, 0.1) is 6.54 Å². The standard InChI is InChI=1S/C15H13NO4/c17-14-7-3-5-12(15(18)19)16(14)9-11-8-10-4-1-2-6-13(10)20-11/h1-7,11H,8-9H2,(H,18,19). The molecule has 1 N–H and O–H groups in total. The van der Waals surface area contributed by atoms with E-state index in [9.17, 15) is 9.59 Å². The molecule has 5 nitrogen and oxygen atoms in total. The maximum Gasteiger partial charge on any atom is 0.352 e. The summed E-state index contributed by atoms with van der Waals surface area (Å²) in [4.78, 5) is 23.0. The molecule has 1 unspecified atom stereocenters. The van der Waals surface area contributed by atoms with Crippen LogP contribution in [0.1, 0.15) is 16.1 Å². The number of fused-ring (bicyclic) bond motifs is 1. The summed E-state index contributed by atoms with van der Waals surface area (Å²) in [6.45, 7) is 0.232. The number of aromatic carboxylic acids is 1. The number of ether oxygens (including phenoxy) is 1. The van der Waals surface area contributed by atoms with Crippen LogP contribution in [0.4, 0.5) is 0 Å². The van der Waals surface area contributed by atoms with Crippen molar-refractivity contribution < 1.29 is 14.6 Å². The topological polar surface area (TPSA) is 68.5 Å². The van der Waals surface area contributed by atoms with Crippen LogP contribution in [0.25, 0.3) is 0 Å². The first kappa shape index (κ1) is 12.5. The Balaban J connectivity index is 1.87. The molecule has 3 rings (SSSR count). The molecule has 1 aromatic heterocycles. The second-order valence-corrected chi connectivity index (χ2v) is 4.72.